The monoisotopic (exact) mass is 350 g/mol. The van der Waals surface area contributed by atoms with E-state index in [9.17, 15) is 0 Å². The molecule has 0 heterocycles. The second-order valence-electron chi connectivity index (χ2n) is 4.81. The van der Waals surface area contributed by atoms with Crippen LogP contribution in [0.5, 0.6) is 0 Å². The fraction of sp³-hybridized carbons (Fsp3) is 1.00. The first kappa shape index (κ1) is 18.0. The molecule has 0 bridgehead atoms. The van der Waals surface area contributed by atoms with Gasteiger partial charge in [0.15, 0.2) is 0 Å². The Kier molecular flexibility index (Phi) is 11.6. The molecule has 0 aliphatic heterocycles. The van der Waals surface area contributed by atoms with E-state index < -0.39 is 0 Å². The van der Waals surface area contributed by atoms with Crippen molar-refractivity contribution in [3.63, 3.8) is 0 Å². The number of rotatable bonds is 10. The molecule has 0 aliphatic rings. The zero-order chi connectivity index (χ0) is 13.3. The predicted molar refractivity (Wildman–Crippen MR) is 76.2 cm³/mol. The van der Waals surface area contributed by atoms with Gasteiger partial charge in [-0.05, 0) is 0 Å². The molecular weight excluding hydrogens is 326 g/mol. The summed E-state index contributed by atoms with van der Waals surface area (Å²) in [5, 5.41) is 1.77. The van der Waals surface area contributed by atoms with Crippen molar-refractivity contribution in [3.8, 4) is 0 Å². The summed E-state index contributed by atoms with van der Waals surface area (Å²) < 4.78 is 11.0. The Labute approximate surface area is 122 Å². The van der Waals surface area contributed by atoms with Crippen LogP contribution in [0.2, 0.25) is 10.6 Å². The van der Waals surface area contributed by atoms with Crippen molar-refractivity contribution < 1.29 is 9.47 Å². The maximum absolute atomic E-state index is 6.05. The SMILES string of the molecule is CC(C)COC(Cl)C[Se]CC(Cl)OCC(C)C. The molecule has 0 aromatic heterocycles. The van der Waals surface area contributed by atoms with Crippen molar-refractivity contribution in [1.29, 1.82) is 0 Å². The maximum atomic E-state index is 6.05. The average Bonchev–Trinajstić information content (AvgIpc) is 2.23. The number of hydrogen-bond acceptors (Lipinski definition) is 2. The molecule has 0 aromatic carbocycles. The molecule has 0 radical (unpaired) electrons. The standard InChI is InChI=1S/C12H24Cl2O2Se/c1-9(2)5-15-11(13)7-17-8-12(14)16-6-10(3)4/h9-12H,5-8H2,1-4H3. The summed E-state index contributed by atoms with van der Waals surface area (Å²) in [7, 11) is 0. The van der Waals surface area contributed by atoms with Gasteiger partial charge in [0.2, 0.25) is 0 Å². The second-order valence-corrected chi connectivity index (χ2v) is 8.04. The van der Waals surface area contributed by atoms with E-state index in [1.807, 2.05) is 0 Å². The van der Waals surface area contributed by atoms with E-state index in [1.54, 1.807) is 0 Å². The van der Waals surface area contributed by atoms with Gasteiger partial charge in [0, 0.05) is 0 Å². The second kappa shape index (κ2) is 10.9. The van der Waals surface area contributed by atoms with Gasteiger partial charge in [0.05, 0.1) is 0 Å². The number of alkyl halides is 2. The predicted octanol–water partition coefficient (Wildman–Crippen LogP) is 4.00. The molecule has 17 heavy (non-hydrogen) atoms. The molecule has 0 spiro atoms. The van der Waals surface area contributed by atoms with Gasteiger partial charge in [-0.3, -0.25) is 0 Å². The third-order valence-electron chi connectivity index (χ3n) is 1.72. The summed E-state index contributed by atoms with van der Waals surface area (Å²) >= 11 is 12.5. The van der Waals surface area contributed by atoms with Gasteiger partial charge in [0.1, 0.15) is 0 Å². The van der Waals surface area contributed by atoms with E-state index in [0.717, 1.165) is 23.9 Å². The van der Waals surface area contributed by atoms with Crippen molar-refractivity contribution in [2.45, 2.75) is 49.5 Å². The van der Waals surface area contributed by atoms with Gasteiger partial charge in [-0.25, -0.2) is 0 Å². The fourth-order valence-corrected chi connectivity index (χ4v) is 3.48. The Hall–Kier alpha value is 1.02. The first-order valence-corrected chi connectivity index (χ1v) is 9.30. The quantitative estimate of drug-likeness (QED) is 0.438. The summed E-state index contributed by atoms with van der Waals surface area (Å²) in [6.07, 6.45) is 0. The number of ether oxygens (including phenoxy) is 2. The summed E-state index contributed by atoms with van der Waals surface area (Å²) in [6, 6.07) is 0. The Morgan fingerprint density at radius 2 is 1.18 bits per heavy atom. The van der Waals surface area contributed by atoms with Crippen molar-refractivity contribution in [3.05, 3.63) is 0 Å². The van der Waals surface area contributed by atoms with Crippen LogP contribution in [0, 0.1) is 11.8 Å². The van der Waals surface area contributed by atoms with Gasteiger partial charge in [-0.1, -0.05) is 0 Å². The van der Waals surface area contributed by atoms with Crippen LogP contribution in [0.4, 0.5) is 0 Å². The van der Waals surface area contributed by atoms with E-state index in [1.165, 1.54) is 0 Å². The molecule has 0 aromatic rings. The van der Waals surface area contributed by atoms with Crippen LogP contribution in [0.1, 0.15) is 27.7 Å². The topological polar surface area (TPSA) is 18.5 Å². The Balaban J connectivity index is 3.42. The van der Waals surface area contributed by atoms with E-state index in [-0.39, 0.29) is 11.1 Å². The molecule has 0 N–H and O–H groups in total. The molecule has 2 nitrogen and oxygen atoms in total. The minimum absolute atomic E-state index is 0.175. The number of hydrogen-bond donors (Lipinski definition) is 0. The zero-order valence-corrected chi connectivity index (χ0v) is 14.3. The van der Waals surface area contributed by atoms with Crippen molar-refractivity contribution in [2.24, 2.45) is 11.8 Å². The molecule has 0 rings (SSSR count). The normalized spacial score (nSPS) is 15.5. The molecule has 0 saturated carbocycles. The summed E-state index contributed by atoms with van der Waals surface area (Å²) in [5.74, 6) is 1.05. The fourth-order valence-electron chi connectivity index (χ4n) is 0.943. The van der Waals surface area contributed by atoms with Gasteiger partial charge in [-0.2, -0.15) is 0 Å². The van der Waals surface area contributed by atoms with Gasteiger partial charge in [-0.15, -0.1) is 0 Å². The minimum atomic E-state index is -0.175. The molecule has 0 saturated heterocycles. The van der Waals surface area contributed by atoms with Gasteiger partial charge >= 0.3 is 122 Å². The molecule has 0 aliphatic carbocycles. The molecule has 0 amide bonds. The van der Waals surface area contributed by atoms with Crippen LogP contribution in [-0.4, -0.2) is 39.3 Å². The summed E-state index contributed by atoms with van der Waals surface area (Å²) in [4.78, 5) is 0. The summed E-state index contributed by atoms with van der Waals surface area (Å²) in [5.41, 5.74) is -0.349. The Bertz CT molecular complexity index is 162. The molecule has 2 atom stereocenters. The third kappa shape index (κ3) is 13.3. The molecule has 5 heteroatoms. The number of halogens is 2. The van der Waals surface area contributed by atoms with E-state index in [2.05, 4.69) is 27.7 Å². The van der Waals surface area contributed by atoms with Gasteiger partial charge in [0.25, 0.3) is 0 Å². The summed E-state index contributed by atoms with van der Waals surface area (Å²) in [6.45, 7) is 9.90. The van der Waals surface area contributed by atoms with Crippen LogP contribution in [-0.2, 0) is 9.47 Å². The Morgan fingerprint density at radius 3 is 1.47 bits per heavy atom. The first-order chi connectivity index (χ1) is 7.91. The van der Waals surface area contributed by atoms with Gasteiger partial charge < -0.3 is 0 Å². The van der Waals surface area contributed by atoms with Crippen LogP contribution < -0.4 is 0 Å². The first-order valence-electron chi connectivity index (χ1n) is 6.00. The Morgan fingerprint density at radius 1 is 0.824 bits per heavy atom. The zero-order valence-electron chi connectivity index (χ0n) is 11.1. The van der Waals surface area contributed by atoms with E-state index in [4.69, 9.17) is 32.7 Å². The average molecular weight is 350 g/mol. The van der Waals surface area contributed by atoms with Crippen LogP contribution in [0.25, 0.3) is 0 Å². The molecule has 0 fully saturated rings. The van der Waals surface area contributed by atoms with Crippen molar-refractivity contribution >= 4 is 38.2 Å². The van der Waals surface area contributed by atoms with Crippen LogP contribution >= 0.6 is 23.2 Å². The van der Waals surface area contributed by atoms with E-state index in [0.29, 0.717) is 26.8 Å². The molecule has 2 unspecified atom stereocenters. The van der Waals surface area contributed by atoms with Crippen molar-refractivity contribution in [1.82, 2.24) is 0 Å². The van der Waals surface area contributed by atoms with Crippen molar-refractivity contribution in [2.75, 3.05) is 13.2 Å². The molecule has 104 valence electrons. The molecular formula is C12H24Cl2O2Se. The van der Waals surface area contributed by atoms with E-state index >= 15 is 0 Å². The van der Waals surface area contributed by atoms with Crippen LogP contribution in [0.3, 0.4) is 0 Å². The van der Waals surface area contributed by atoms with Crippen LogP contribution in [0.15, 0.2) is 0 Å². The third-order valence-corrected chi connectivity index (χ3v) is 5.37.